The van der Waals surface area contributed by atoms with Crippen LogP contribution in [0.25, 0.3) is 0 Å². The van der Waals surface area contributed by atoms with Crippen LogP contribution < -0.4 is 5.73 Å². The van der Waals surface area contributed by atoms with E-state index in [4.69, 9.17) is 5.73 Å². The molecule has 5 heteroatoms. The lowest BCUT2D eigenvalue weighted by Crippen LogP contribution is -2.00. The van der Waals surface area contributed by atoms with Crippen LogP contribution >= 0.6 is 27.3 Å². The molecular formula is C9H10BrN3S. The largest absolute Gasteiger partial charge is 0.382 e. The van der Waals surface area contributed by atoms with Crippen LogP contribution in [0.5, 0.6) is 0 Å². The Balaban J connectivity index is 2.23. The summed E-state index contributed by atoms with van der Waals surface area (Å²) in [6.07, 6.45) is 1.96. The van der Waals surface area contributed by atoms with Gasteiger partial charge in [0.2, 0.25) is 0 Å². The van der Waals surface area contributed by atoms with Crippen molar-refractivity contribution in [3.05, 3.63) is 32.6 Å². The van der Waals surface area contributed by atoms with E-state index < -0.39 is 0 Å². The summed E-state index contributed by atoms with van der Waals surface area (Å²) in [7, 11) is 0. The average Bonchev–Trinajstić information content (AvgIpc) is 2.63. The van der Waals surface area contributed by atoms with Crippen molar-refractivity contribution in [3.8, 4) is 0 Å². The molecule has 2 N–H and O–H groups in total. The highest BCUT2D eigenvalue weighted by molar-refractivity contribution is 9.11. The highest BCUT2D eigenvalue weighted by Gasteiger charge is 2.04. The summed E-state index contributed by atoms with van der Waals surface area (Å²) >= 11 is 5.17. The number of rotatable bonds is 2. The van der Waals surface area contributed by atoms with Crippen molar-refractivity contribution in [1.29, 1.82) is 0 Å². The molecule has 2 aromatic heterocycles. The van der Waals surface area contributed by atoms with Gasteiger partial charge in [-0.15, -0.1) is 11.3 Å². The Morgan fingerprint density at radius 2 is 2.43 bits per heavy atom. The summed E-state index contributed by atoms with van der Waals surface area (Å²) in [6.45, 7) is 2.73. The monoisotopic (exact) mass is 271 g/mol. The minimum Gasteiger partial charge on any atom is -0.382 e. The van der Waals surface area contributed by atoms with Gasteiger partial charge >= 0.3 is 0 Å². The molecule has 3 nitrogen and oxygen atoms in total. The molecule has 14 heavy (non-hydrogen) atoms. The number of nitrogens with two attached hydrogens (primary N) is 1. The number of aryl methyl sites for hydroxylation is 1. The van der Waals surface area contributed by atoms with Crippen molar-refractivity contribution >= 4 is 33.1 Å². The third-order valence-corrected chi connectivity index (χ3v) is 3.82. The average molecular weight is 272 g/mol. The third-order valence-electron chi connectivity index (χ3n) is 2.01. The van der Waals surface area contributed by atoms with Gasteiger partial charge in [-0.25, -0.2) is 0 Å². The van der Waals surface area contributed by atoms with Crippen LogP contribution in [-0.4, -0.2) is 9.78 Å². The zero-order valence-electron chi connectivity index (χ0n) is 7.70. The molecule has 0 unspecified atom stereocenters. The molecule has 0 aliphatic heterocycles. The number of anilines is 1. The van der Waals surface area contributed by atoms with Gasteiger partial charge < -0.3 is 5.73 Å². The number of nitrogens with zero attached hydrogens (tertiary/aromatic N) is 2. The van der Waals surface area contributed by atoms with Gasteiger partial charge in [-0.1, -0.05) is 0 Å². The quantitative estimate of drug-likeness (QED) is 0.913. The van der Waals surface area contributed by atoms with Crippen LogP contribution in [-0.2, 0) is 6.54 Å². The highest BCUT2D eigenvalue weighted by atomic mass is 79.9. The summed E-state index contributed by atoms with van der Waals surface area (Å²) in [6, 6.07) is 2.09. The second kappa shape index (κ2) is 3.74. The van der Waals surface area contributed by atoms with Gasteiger partial charge in [0.05, 0.1) is 10.3 Å². The van der Waals surface area contributed by atoms with E-state index in [0.717, 1.165) is 15.9 Å². The SMILES string of the molecule is Cc1cn(Cc2ccsc2Br)nc1N. The minimum atomic E-state index is 0.608. The summed E-state index contributed by atoms with van der Waals surface area (Å²) in [5, 5.41) is 6.26. The third kappa shape index (κ3) is 1.83. The Labute approximate surface area is 94.7 Å². The van der Waals surface area contributed by atoms with Gasteiger partial charge in [-0.2, -0.15) is 5.10 Å². The molecule has 0 aliphatic carbocycles. The normalized spacial score (nSPS) is 10.7. The number of hydrogen-bond acceptors (Lipinski definition) is 3. The fraction of sp³-hybridized carbons (Fsp3) is 0.222. The van der Waals surface area contributed by atoms with Gasteiger partial charge in [0.1, 0.15) is 5.82 Å². The molecule has 0 amide bonds. The predicted molar refractivity (Wildman–Crippen MR) is 62.5 cm³/mol. The smallest absolute Gasteiger partial charge is 0.148 e. The van der Waals surface area contributed by atoms with Gasteiger partial charge in [0, 0.05) is 11.8 Å². The van der Waals surface area contributed by atoms with E-state index in [1.165, 1.54) is 5.56 Å². The Morgan fingerprint density at radius 3 is 2.93 bits per heavy atom. The van der Waals surface area contributed by atoms with E-state index in [1.54, 1.807) is 11.3 Å². The lowest BCUT2D eigenvalue weighted by Gasteiger charge is -1.98. The molecule has 2 heterocycles. The van der Waals surface area contributed by atoms with Crippen LogP contribution in [0, 0.1) is 6.92 Å². The fourth-order valence-electron chi connectivity index (χ4n) is 1.22. The first-order valence-electron chi connectivity index (χ1n) is 4.18. The molecule has 0 radical (unpaired) electrons. The van der Waals surface area contributed by atoms with Gasteiger partial charge in [-0.05, 0) is 39.9 Å². The highest BCUT2D eigenvalue weighted by Crippen LogP contribution is 2.24. The summed E-state index contributed by atoms with van der Waals surface area (Å²) < 4.78 is 3.02. The maximum atomic E-state index is 5.67. The Morgan fingerprint density at radius 1 is 1.64 bits per heavy atom. The molecule has 0 bridgehead atoms. The molecule has 0 atom stereocenters. The first kappa shape index (κ1) is 9.73. The van der Waals surface area contributed by atoms with Crippen LogP contribution in [0.2, 0.25) is 0 Å². The first-order valence-corrected chi connectivity index (χ1v) is 5.85. The lowest BCUT2D eigenvalue weighted by molar-refractivity contribution is 0.690. The van der Waals surface area contributed by atoms with Crippen molar-refractivity contribution < 1.29 is 0 Å². The maximum Gasteiger partial charge on any atom is 0.148 e. The second-order valence-electron chi connectivity index (χ2n) is 3.11. The van der Waals surface area contributed by atoms with Crippen LogP contribution in [0.1, 0.15) is 11.1 Å². The minimum absolute atomic E-state index is 0.608. The van der Waals surface area contributed by atoms with Crippen molar-refractivity contribution in [2.24, 2.45) is 0 Å². The number of nitrogen functional groups attached to an aromatic ring is 1. The van der Waals surface area contributed by atoms with Gasteiger partial charge in [-0.3, -0.25) is 4.68 Å². The molecule has 2 rings (SSSR count). The number of thiophene rings is 1. The van der Waals surface area contributed by atoms with Crippen molar-refractivity contribution in [2.45, 2.75) is 13.5 Å². The molecule has 0 fully saturated rings. The van der Waals surface area contributed by atoms with Gasteiger partial charge in [0.25, 0.3) is 0 Å². The Hall–Kier alpha value is -0.810. The molecule has 0 aliphatic rings. The van der Waals surface area contributed by atoms with Crippen LogP contribution in [0.4, 0.5) is 5.82 Å². The molecule has 2 aromatic rings. The lowest BCUT2D eigenvalue weighted by atomic mass is 10.3. The molecule has 0 saturated heterocycles. The summed E-state index contributed by atoms with van der Waals surface area (Å²) in [5.74, 6) is 0.608. The molecule has 0 aromatic carbocycles. The Bertz CT molecular complexity index is 427. The van der Waals surface area contributed by atoms with E-state index in [2.05, 4.69) is 32.5 Å². The van der Waals surface area contributed by atoms with E-state index in [0.29, 0.717) is 5.82 Å². The van der Waals surface area contributed by atoms with Gasteiger partial charge in [0.15, 0.2) is 0 Å². The molecule has 0 saturated carbocycles. The van der Waals surface area contributed by atoms with Crippen molar-refractivity contribution in [1.82, 2.24) is 9.78 Å². The molecule has 74 valence electrons. The molecule has 0 spiro atoms. The predicted octanol–water partition coefficient (Wildman–Crippen LogP) is 2.65. The first-order chi connectivity index (χ1) is 6.66. The van der Waals surface area contributed by atoms with E-state index in [-0.39, 0.29) is 0 Å². The maximum absolute atomic E-state index is 5.67. The number of halogens is 1. The number of hydrogen-bond donors (Lipinski definition) is 1. The zero-order chi connectivity index (χ0) is 10.1. The van der Waals surface area contributed by atoms with E-state index in [1.807, 2.05) is 17.8 Å². The van der Waals surface area contributed by atoms with Crippen molar-refractivity contribution in [3.63, 3.8) is 0 Å². The second-order valence-corrected chi connectivity index (χ2v) is 5.35. The summed E-state index contributed by atoms with van der Waals surface area (Å²) in [4.78, 5) is 0. The Kier molecular flexibility index (Phi) is 2.60. The number of aromatic nitrogens is 2. The van der Waals surface area contributed by atoms with E-state index in [9.17, 15) is 0 Å². The van der Waals surface area contributed by atoms with Crippen LogP contribution in [0.3, 0.4) is 0 Å². The zero-order valence-corrected chi connectivity index (χ0v) is 10.1. The molecular weight excluding hydrogens is 262 g/mol. The van der Waals surface area contributed by atoms with Crippen molar-refractivity contribution in [2.75, 3.05) is 5.73 Å². The van der Waals surface area contributed by atoms with Crippen LogP contribution in [0.15, 0.2) is 21.4 Å². The standard InChI is InChI=1S/C9H10BrN3S/c1-6-4-13(12-9(6)11)5-7-2-3-14-8(7)10/h2-4H,5H2,1H3,(H2,11,12). The fourth-order valence-corrected chi connectivity index (χ4v) is 2.44. The topological polar surface area (TPSA) is 43.8 Å². The summed E-state index contributed by atoms with van der Waals surface area (Å²) in [5.41, 5.74) is 7.92. The van der Waals surface area contributed by atoms with E-state index >= 15 is 0 Å².